The number of halogens is 1. The molecule has 0 aliphatic carbocycles. The van der Waals surface area contributed by atoms with Gasteiger partial charge >= 0.3 is 0 Å². The standard InChI is InChI=1S/C17H16ClN5O/c1-10-11(2)22-23(12(10)3)17-19-8-15(9-20-17)21-16(24)13-5-4-6-14(18)7-13/h4-9H,1-3H3,(H,21,24). The summed E-state index contributed by atoms with van der Waals surface area (Å²) in [5.41, 5.74) is 4.01. The Morgan fingerprint density at radius 1 is 1.17 bits per heavy atom. The number of aromatic nitrogens is 4. The van der Waals surface area contributed by atoms with E-state index in [1.54, 1.807) is 41.3 Å². The SMILES string of the molecule is Cc1nn(-c2ncc(NC(=O)c3cccc(Cl)c3)cn2)c(C)c1C. The molecule has 0 unspecified atom stereocenters. The van der Waals surface area contributed by atoms with E-state index in [4.69, 9.17) is 11.6 Å². The zero-order valence-electron chi connectivity index (χ0n) is 13.5. The van der Waals surface area contributed by atoms with Gasteiger partial charge in [0.25, 0.3) is 11.9 Å². The largest absolute Gasteiger partial charge is 0.319 e. The Kier molecular flexibility index (Phi) is 4.31. The molecule has 0 spiro atoms. The second-order valence-corrected chi connectivity index (χ2v) is 5.88. The predicted octanol–water partition coefficient (Wildman–Crippen LogP) is 3.49. The van der Waals surface area contributed by atoms with Crippen LogP contribution in [-0.2, 0) is 0 Å². The lowest BCUT2D eigenvalue weighted by Gasteiger charge is -2.06. The van der Waals surface area contributed by atoms with E-state index < -0.39 is 0 Å². The van der Waals surface area contributed by atoms with Crippen LogP contribution in [0.5, 0.6) is 0 Å². The molecule has 2 aromatic heterocycles. The number of nitrogens with zero attached hydrogens (tertiary/aromatic N) is 4. The number of benzene rings is 1. The van der Waals surface area contributed by atoms with Crippen molar-refractivity contribution in [2.24, 2.45) is 0 Å². The van der Waals surface area contributed by atoms with Crippen LogP contribution in [0.3, 0.4) is 0 Å². The number of aryl methyl sites for hydroxylation is 1. The van der Waals surface area contributed by atoms with Crippen molar-refractivity contribution in [3.05, 3.63) is 64.2 Å². The Bertz CT molecular complexity index is 902. The fraction of sp³-hybridized carbons (Fsp3) is 0.176. The van der Waals surface area contributed by atoms with Gasteiger partial charge in [-0.15, -0.1) is 0 Å². The summed E-state index contributed by atoms with van der Waals surface area (Å²) in [5, 5.41) is 7.67. The van der Waals surface area contributed by atoms with Gasteiger partial charge < -0.3 is 5.32 Å². The molecule has 0 saturated carbocycles. The average molecular weight is 342 g/mol. The van der Waals surface area contributed by atoms with Crippen LogP contribution < -0.4 is 5.32 Å². The molecular weight excluding hydrogens is 326 g/mol. The molecule has 7 heteroatoms. The van der Waals surface area contributed by atoms with Crippen molar-refractivity contribution in [3.8, 4) is 5.95 Å². The molecule has 1 aromatic carbocycles. The first-order valence-electron chi connectivity index (χ1n) is 7.38. The van der Waals surface area contributed by atoms with Gasteiger partial charge in [-0.05, 0) is 44.5 Å². The Labute approximate surface area is 144 Å². The fourth-order valence-corrected chi connectivity index (χ4v) is 2.43. The molecule has 0 fully saturated rings. The number of hydrogen-bond donors (Lipinski definition) is 1. The topological polar surface area (TPSA) is 72.7 Å². The number of anilines is 1. The van der Waals surface area contributed by atoms with Gasteiger partial charge in [-0.2, -0.15) is 5.10 Å². The first-order chi connectivity index (χ1) is 11.5. The third-order valence-corrected chi connectivity index (χ3v) is 4.06. The summed E-state index contributed by atoms with van der Waals surface area (Å²) in [4.78, 5) is 20.7. The lowest BCUT2D eigenvalue weighted by Crippen LogP contribution is -2.13. The maximum Gasteiger partial charge on any atom is 0.255 e. The van der Waals surface area contributed by atoms with Crippen molar-refractivity contribution in [2.45, 2.75) is 20.8 Å². The maximum atomic E-state index is 12.2. The smallest absolute Gasteiger partial charge is 0.255 e. The van der Waals surface area contributed by atoms with Crippen LogP contribution in [-0.4, -0.2) is 25.7 Å². The van der Waals surface area contributed by atoms with E-state index in [-0.39, 0.29) is 5.91 Å². The normalized spacial score (nSPS) is 10.7. The molecular formula is C17H16ClN5O. The number of nitrogens with one attached hydrogen (secondary N) is 1. The highest BCUT2D eigenvalue weighted by molar-refractivity contribution is 6.31. The molecule has 1 amide bonds. The second-order valence-electron chi connectivity index (χ2n) is 5.44. The van der Waals surface area contributed by atoms with E-state index in [1.807, 2.05) is 20.8 Å². The Morgan fingerprint density at radius 3 is 2.46 bits per heavy atom. The maximum absolute atomic E-state index is 12.2. The minimum atomic E-state index is -0.268. The number of carbonyl (C=O) groups excluding carboxylic acids is 1. The van der Waals surface area contributed by atoms with E-state index in [2.05, 4.69) is 20.4 Å². The van der Waals surface area contributed by atoms with E-state index in [1.165, 1.54) is 0 Å². The van der Waals surface area contributed by atoms with Gasteiger partial charge in [0, 0.05) is 16.3 Å². The number of carbonyl (C=O) groups is 1. The van der Waals surface area contributed by atoms with E-state index in [9.17, 15) is 4.79 Å². The van der Waals surface area contributed by atoms with Crippen molar-refractivity contribution < 1.29 is 4.79 Å². The minimum absolute atomic E-state index is 0.268. The zero-order valence-corrected chi connectivity index (χ0v) is 14.3. The monoisotopic (exact) mass is 341 g/mol. The molecule has 0 aliphatic heterocycles. The molecule has 122 valence electrons. The lowest BCUT2D eigenvalue weighted by molar-refractivity contribution is 0.102. The molecule has 3 rings (SSSR count). The molecule has 0 saturated heterocycles. The molecule has 3 aromatic rings. The first kappa shape index (κ1) is 16.1. The van der Waals surface area contributed by atoms with Crippen molar-refractivity contribution in [1.29, 1.82) is 0 Å². The second kappa shape index (κ2) is 6.41. The quantitative estimate of drug-likeness (QED) is 0.791. The minimum Gasteiger partial charge on any atom is -0.319 e. The third kappa shape index (κ3) is 3.14. The van der Waals surface area contributed by atoms with Gasteiger partial charge in [0.1, 0.15) is 0 Å². The van der Waals surface area contributed by atoms with Gasteiger partial charge in [-0.3, -0.25) is 4.79 Å². The van der Waals surface area contributed by atoms with Gasteiger partial charge in [-0.1, -0.05) is 17.7 Å². The number of rotatable bonds is 3. The summed E-state index contributed by atoms with van der Waals surface area (Å²) in [6.07, 6.45) is 3.10. The van der Waals surface area contributed by atoms with Crippen LogP contribution in [0.1, 0.15) is 27.3 Å². The summed E-state index contributed by atoms with van der Waals surface area (Å²) in [7, 11) is 0. The van der Waals surface area contributed by atoms with Crippen molar-refractivity contribution in [2.75, 3.05) is 5.32 Å². The first-order valence-corrected chi connectivity index (χ1v) is 7.75. The molecule has 0 atom stereocenters. The van der Waals surface area contributed by atoms with Gasteiger partial charge in [-0.25, -0.2) is 14.6 Å². The molecule has 0 bridgehead atoms. The zero-order chi connectivity index (χ0) is 17.3. The van der Waals surface area contributed by atoms with Crippen LogP contribution in [0, 0.1) is 20.8 Å². The van der Waals surface area contributed by atoms with Gasteiger partial charge in [0.15, 0.2) is 0 Å². The molecule has 0 aliphatic rings. The summed E-state index contributed by atoms with van der Waals surface area (Å²) in [5.74, 6) is 0.195. The molecule has 24 heavy (non-hydrogen) atoms. The summed E-state index contributed by atoms with van der Waals surface area (Å²) < 4.78 is 1.69. The summed E-state index contributed by atoms with van der Waals surface area (Å²) in [6.45, 7) is 5.92. The van der Waals surface area contributed by atoms with Crippen molar-refractivity contribution >= 4 is 23.2 Å². The van der Waals surface area contributed by atoms with Crippen molar-refractivity contribution in [1.82, 2.24) is 19.7 Å². The van der Waals surface area contributed by atoms with E-state index in [0.29, 0.717) is 22.2 Å². The number of amides is 1. The van der Waals surface area contributed by atoms with E-state index in [0.717, 1.165) is 17.0 Å². The van der Waals surface area contributed by atoms with Gasteiger partial charge in [0.05, 0.1) is 23.8 Å². The Balaban J connectivity index is 1.80. The average Bonchev–Trinajstić information content (AvgIpc) is 2.83. The summed E-state index contributed by atoms with van der Waals surface area (Å²) >= 11 is 5.90. The van der Waals surface area contributed by atoms with Crippen molar-refractivity contribution in [3.63, 3.8) is 0 Å². The Hall–Kier alpha value is -2.73. The highest BCUT2D eigenvalue weighted by Crippen LogP contribution is 2.16. The molecule has 1 N–H and O–H groups in total. The van der Waals surface area contributed by atoms with Crippen LogP contribution >= 0.6 is 11.6 Å². The number of hydrogen-bond acceptors (Lipinski definition) is 4. The van der Waals surface area contributed by atoms with Crippen LogP contribution in [0.15, 0.2) is 36.7 Å². The van der Waals surface area contributed by atoms with Crippen LogP contribution in [0.25, 0.3) is 5.95 Å². The molecule has 0 radical (unpaired) electrons. The van der Waals surface area contributed by atoms with E-state index >= 15 is 0 Å². The third-order valence-electron chi connectivity index (χ3n) is 3.83. The Morgan fingerprint density at radius 2 is 1.88 bits per heavy atom. The van der Waals surface area contributed by atoms with Gasteiger partial charge in [0.2, 0.25) is 0 Å². The highest BCUT2D eigenvalue weighted by Gasteiger charge is 2.12. The van der Waals surface area contributed by atoms with Crippen LogP contribution in [0.2, 0.25) is 5.02 Å². The molecule has 6 nitrogen and oxygen atoms in total. The predicted molar refractivity (Wildman–Crippen MR) is 92.8 cm³/mol. The highest BCUT2D eigenvalue weighted by atomic mass is 35.5. The van der Waals surface area contributed by atoms with Crippen LogP contribution in [0.4, 0.5) is 5.69 Å². The lowest BCUT2D eigenvalue weighted by atomic mass is 10.2. The molecule has 2 heterocycles. The fourth-order valence-electron chi connectivity index (χ4n) is 2.24. The summed E-state index contributed by atoms with van der Waals surface area (Å²) in [6, 6.07) is 6.73.